The molecule has 8 heteroatoms. The van der Waals surface area contributed by atoms with Crippen LogP contribution in [0.4, 0.5) is 0 Å². The highest BCUT2D eigenvalue weighted by Gasteiger charge is 2.14. The first kappa shape index (κ1) is 22.7. The van der Waals surface area contributed by atoms with Crippen LogP contribution in [-0.4, -0.2) is 25.0 Å². The molecule has 5 rings (SSSR count). The lowest BCUT2D eigenvalue weighted by Crippen LogP contribution is -2.27. The van der Waals surface area contributed by atoms with E-state index in [1.54, 1.807) is 12.5 Å². The first-order valence-corrected chi connectivity index (χ1v) is 12.3. The van der Waals surface area contributed by atoms with Gasteiger partial charge in [-0.2, -0.15) is 0 Å². The van der Waals surface area contributed by atoms with E-state index in [1.165, 1.54) is 27.8 Å². The number of fused-ring (bicyclic) bond motifs is 1. The molecule has 0 unspecified atom stereocenters. The third-order valence-electron chi connectivity index (χ3n) is 5.91. The Hall–Kier alpha value is -4.04. The maximum Gasteiger partial charge on any atom is 0.262 e. The molecule has 3 heterocycles. The number of benzene rings is 2. The summed E-state index contributed by atoms with van der Waals surface area (Å²) in [5, 5.41) is 5.54. The minimum atomic E-state index is -0.119. The summed E-state index contributed by atoms with van der Waals surface area (Å²) in [5.74, 6) is -0.110. The van der Waals surface area contributed by atoms with Crippen molar-refractivity contribution in [3.05, 3.63) is 106 Å². The number of aromatic nitrogens is 4. The van der Waals surface area contributed by atoms with Gasteiger partial charge in [0.1, 0.15) is 4.83 Å². The third-order valence-corrected chi connectivity index (χ3v) is 6.79. The number of thiophene rings is 1. The van der Waals surface area contributed by atoms with E-state index in [-0.39, 0.29) is 24.4 Å². The van der Waals surface area contributed by atoms with Gasteiger partial charge in [-0.05, 0) is 23.6 Å². The fourth-order valence-corrected chi connectivity index (χ4v) is 4.92. The number of carbonyl (C=O) groups excluding carboxylic acids is 1. The van der Waals surface area contributed by atoms with Gasteiger partial charge in [-0.15, -0.1) is 11.3 Å². The largest absolute Gasteiger partial charge is 0.352 e. The second-order valence-corrected chi connectivity index (χ2v) is 9.38. The fourth-order valence-electron chi connectivity index (χ4n) is 4.01. The van der Waals surface area contributed by atoms with Gasteiger partial charge >= 0.3 is 0 Å². The van der Waals surface area contributed by atoms with Crippen molar-refractivity contribution in [2.45, 2.75) is 33.0 Å². The summed E-state index contributed by atoms with van der Waals surface area (Å²) >= 11 is 1.46. The average Bonchev–Trinajstić information content (AvgIpc) is 3.53. The number of nitrogens with zero attached hydrogens (tertiary/aromatic N) is 4. The molecule has 35 heavy (non-hydrogen) atoms. The fraction of sp³-hybridized carbons (Fsp3) is 0.185. The van der Waals surface area contributed by atoms with Crippen molar-refractivity contribution in [3.63, 3.8) is 0 Å². The molecule has 3 aromatic heterocycles. The van der Waals surface area contributed by atoms with Crippen LogP contribution in [0, 0.1) is 6.92 Å². The van der Waals surface area contributed by atoms with Crippen molar-refractivity contribution in [2.24, 2.45) is 0 Å². The first-order chi connectivity index (χ1) is 17.1. The Kier molecular flexibility index (Phi) is 6.54. The zero-order chi connectivity index (χ0) is 24.2. The third kappa shape index (κ3) is 5.22. The number of carbonyl (C=O) groups is 1. The maximum absolute atomic E-state index is 13.2. The summed E-state index contributed by atoms with van der Waals surface area (Å²) in [6.45, 7) is 3.48. The van der Waals surface area contributed by atoms with Gasteiger partial charge < -0.3 is 9.88 Å². The van der Waals surface area contributed by atoms with Crippen LogP contribution in [0.1, 0.15) is 23.1 Å². The maximum atomic E-state index is 13.2. The highest BCUT2D eigenvalue weighted by Crippen LogP contribution is 2.30. The lowest BCUT2D eigenvalue weighted by atomic mass is 10.1. The summed E-state index contributed by atoms with van der Waals surface area (Å²) in [6, 6.07) is 16.2. The summed E-state index contributed by atoms with van der Waals surface area (Å²) in [7, 11) is 0. The van der Waals surface area contributed by atoms with Gasteiger partial charge in [0.25, 0.3) is 5.56 Å². The molecular formula is C27H25N5O2S. The molecule has 1 amide bonds. The molecule has 1 N–H and O–H groups in total. The molecule has 0 fully saturated rings. The van der Waals surface area contributed by atoms with Crippen molar-refractivity contribution in [1.82, 2.24) is 24.4 Å². The Labute approximate surface area is 206 Å². The number of rotatable bonds is 8. The molecular weight excluding hydrogens is 458 g/mol. The Morgan fingerprint density at radius 1 is 1.09 bits per heavy atom. The summed E-state index contributed by atoms with van der Waals surface area (Å²) in [5.41, 5.74) is 5.09. The molecule has 5 aromatic rings. The number of amides is 1. The predicted octanol–water partition coefficient (Wildman–Crippen LogP) is 4.38. The van der Waals surface area contributed by atoms with Gasteiger partial charge in [-0.3, -0.25) is 14.2 Å². The van der Waals surface area contributed by atoms with E-state index in [0.717, 1.165) is 28.8 Å². The van der Waals surface area contributed by atoms with Crippen molar-refractivity contribution in [2.75, 3.05) is 0 Å². The SMILES string of the molecule is Cc1ccc(-c2csc3ncn(CCC(=O)NCc4cccc(Cn5ccnc5)c4)c(=O)c23)cc1. The molecule has 0 aliphatic rings. The van der Waals surface area contributed by atoms with E-state index in [9.17, 15) is 9.59 Å². The molecule has 0 aliphatic heterocycles. The van der Waals surface area contributed by atoms with E-state index in [2.05, 4.69) is 27.4 Å². The summed E-state index contributed by atoms with van der Waals surface area (Å²) in [6.07, 6.45) is 7.19. The normalized spacial score (nSPS) is 11.1. The summed E-state index contributed by atoms with van der Waals surface area (Å²) < 4.78 is 3.52. The minimum absolute atomic E-state index is 0.110. The van der Waals surface area contributed by atoms with Crippen LogP contribution in [0.25, 0.3) is 21.3 Å². The van der Waals surface area contributed by atoms with Gasteiger partial charge in [-0.25, -0.2) is 9.97 Å². The van der Waals surface area contributed by atoms with E-state index < -0.39 is 0 Å². The molecule has 0 atom stereocenters. The molecule has 0 spiro atoms. The molecule has 0 saturated heterocycles. The number of hydrogen-bond donors (Lipinski definition) is 1. The van der Waals surface area contributed by atoms with Crippen LogP contribution in [0.2, 0.25) is 0 Å². The zero-order valence-corrected chi connectivity index (χ0v) is 20.2. The number of aryl methyl sites for hydroxylation is 2. The van der Waals surface area contributed by atoms with E-state index in [0.29, 0.717) is 16.8 Å². The van der Waals surface area contributed by atoms with Crippen LogP contribution in [0.5, 0.6) is 0 Å². The van der Waals surface area contributed by atoms with E-state index in [4.69, 9.17) is 0 Å². The van der Waals surface area contributed by atoms with Gasteiger partial charge in [0.05, 0.1) is 18.0 Å². The average molecular weight is 484 g/mol. The van der Waals surface area contributed by atoms with Gasteiger partial charge in [0.2, 0.25) is 5.91 Å². The van der Waals surface area contributed by atoms with Crippen LogP contribution >= 0.6 is 11.3 Å². The van der Waals surface area contributed by atoms with Gasteiger partial charge in [0, 0.05) is 49.4 Å². The molecule has 7 nitrogen and oxygen atoms in total. The highest BCUT2D eigenvalue weighted by atomic mass is 32.1. The topological polar surface area (TPSA) is 81.8 Å². The summed E-state index contributed by atoms with van der Waals surface area (Å²) in [4.78, 5) is 35.0. The zero-order valence-electron chi connectivity index (χ0n) is 19.3. The lowest BCUT2D eigenvalue weighted by Gasteiger charge is -2.09. The van der Waals surface area contributed by atoms with Crippen LogP contribution in [0.15, 0.2) is 83.8 Å². The monoisotopic (exact) mass is 483 g/mol. The number of hydrogen-bond acceptors (Lipinski definition) is 5. The van der Waals surface area contributed by atoms with Crippen molar-refractivity contribution < 1.29 is 4.79 Å². The Morgan fingerprint density at radius 3 is 2.71 bits per heavy atom. The minimum Gasteiger partial charge on any atom is -0.352 e. The van der Waals surface area contributed by atoms with Crippen LogP contribution < -0.4 is 10.9 Å². The predicted molar refractivity (Wildman–Crippen MR) is 138 cm³/mol. The molecule has 2 aromatic carbocycles. The smallest absolute Gasteiger partial charge is 0.262 e. The van der Waals surface area contributed by atoms with Crippen molar-refractivity contribution in [1.29, 1.82) is 0 Å². The first-order valence-electron chi connectivity index (χ1n) is 11.4. The molecule has 0 aliphatic carbocycles. The van der Waals surface area contributed by atoms with Crippen LogP contribution in [-0.2, 0) is 24.4 Å². The lowest BCUT2D eigenvalue weighted by molar-refractivity contribution is -0.121. The van der Waals surface area contributed by atoms with Crippen molar-refractivity contribution >= 4 is 27.5 Å². The van der Waals surface area contributed by atoms with E-state index >= 15 is 0 Å². The standard InChI is InChI=1S/C27H25N5O2S/c1-19-5-7-22(8-6-19)23-16-35-26-25(23)27(34)32(18-30-26)11-9-24(33)29-14-20-3-2-4-21(13-20)15-31-12-10-28-17-31/h2-8,10,12-13,16-18H,9,11,14-15H2,1H3,(H,29,33). The molecule has 0 radical (unpaired) electrons. The second-order valence-electron chi connectivity index (χ2n) is 8.52. The Morgan fingerprint density at radius 2 is 1.91 bits per heavy atom. The number of nitrogens with one attached hydrogen (secondary N) is 1. The Bertz CT molecular complexity index is 1520. The van der Waals surface area contributed by atoms with Crippen molar-refractivity contribution in [3.8, 4) is 11.1 Å². The second kappa shape index (κ2) is 10.1. The van der Waals surface area contributed by atoms with Crippen LogP contribution in [0.3, 0.4) is 0 Å². The van der Waals surface area contributed by atoms with Gasteiger partial charge in [-0.1, -0.05) is 54.1 Å². The molecule has 0 saturated carbocycles. The highest BCUT2D eigenvalue weighted by molar-refractivity contribution is 7.17. The molecule has 176 valence electrons. The van der Waals surface area contributed by atoms with E-state index in [1.807, 2.05) is 59.5 Å². The van der Waals surface area contributed by atoms with Gasteiger partial charge in [0.15, 0.2) is 0 Å². The quantitative estimate of drug-likeness (QED) is 0.355. The molecule has 0 bridgehead atoms. The Balaban J connectivity index is 1.23. The number of imidazole rings is 1.